The van der Waals surface area contributed by atoms with Gasteiger partial charge in [0.05, 0.1) is 6.04 Å². The third-order valence-corrected chi connectivity index (χ3v) is 9.46. The number of likely N-dealkylation sites (tertiary alicyclic amines) is 1. The zero-order valence-corrected chi connectivity index (χ0v) is 25.4. The average molecular weight is 589 g/mol. The number of nitrogens with zero attached hydrogens (tertiary/aromatic N) is 3. The molecule has 0 unspecified atom stereocenters. The normalized spacial score (nSPS) is 23.7. The third-order valence-electron chi connectivity index (χ3n) is 9.46. The van der Waals surface area contributed by atoms with E-state index in [1.807, 2.05) is 31.3 Å². The van der Waals surface area contributed by atoms with Crippen molar-refractivity contribution in [2.24, 2.45) is 12.5 Å². The Balaban J connectivity index is 1.28. The van der Waals surface area contributed by atoms with Crippen LogP contribution in [-0.4, -0.2) is 63.4 Å². The number of aryl methyl sites for hydroxylation is 1. The lowest BCUT2D eigenvalue weighted by Crippen LogP contribution is -2.45. The van der Waals surface area contributed by atoms with E-state index in [4.69, 9.17) is 4.74 Å². The number of halogens is 1. The number of ether oxygens (including phenoxy) is 1. The lowest BCUT2D eigenvalue weighted by atomic mass is 9.76. The minimum atomic E-state index is -1.11. The number of aromatic carboxylic acids is 1. The van der Waals surface area contributed by atoms with E-state index in [0.29, 0.717) is 28.9 Å². The first-order valence-corrected chi connectivity index (χ1v) is 15.4. The van der Waals surface area contributed by atoms with E-state index in [1.165, 1.54) is 10.7 Å². The third kappa shape index (κ3) is 5.92. The van der Waals surface area contributed by atoms with Crippen molar-refractivity contribution in [3.8, 4) is 28.0 Å². The maximum atomic E-state index is 15.3. The summed E-state index contributed by atoms with van der Waals surface area (Å²) in [6, 6.07) is 10.7. The molecule has 3 aliphatic rings. The zero-order chi connectivity index (χ0) is 30.5. The van der Waals surface area contributed by atoms with Crippen LogP contribution in [0.25, 0.3) is 22.3 Å². The summed E-state index contributed by atoms with van der Waals surface area (Å²) < 4.78 is 23.5. The second kappa shape index (κ2) is 11.4. The van der Waals surface area contributed by atoms with Crippen molar-refractivity contribution >= 4 is 11.9 Å². The van der Waals surface area contributed by atoms with Crippen LogP contribution in [-0.2, 0) is 11.8 Å². The fraction of sp³-hybridized carbons (Fsp3) is 0.500. The van der Waals surface area contributed by atoms with Crippen molar-refractivity contribution in [1.82, 2.24) is 20.0 Å². The number of aromatic nitrogens is 2. The highest BCUT2D eigenvalue weighted by Crippen LogP contribution is 2.46. The maximum Gasteiger partial charge on any atom is 0.357 e. The second-order valence-electron chi connectivity index (χ2n) is 13.5. The van der Waals surface area contributed by atoms with E-state index in [0.717, 1.165) is 56.2 Å². The van der Waals surface area contributed by atoms with Crippen molar-refractivity contribution in [2.45, 2.75) is 82.9 Å². The monoisotopic (exact) mass is 588 g/mol. The van der Waals surface area contributed by atoms with Gasteiger partial charge >= 0.3 is 5.97 Å². The van der Waals surface area contributed by atoms with Gasteiger partial charge in [0.15, 0.2) is 5.69 Å². The molecule has 2 aromatic carbocycles. The van der Waals surface area contributed by atoms with Gasteiger partial charge in [0.1, 0.15) is 17.7 Å². The van der Waals surface area contributed by atoms with E-state index in [-0.39, 0.29) is 46.9 Å². The van der Waals surface area contributed by atoms with Gasteiger partial charge in [0.25, 0.3) is 0 Å². The van der Waals surface area contributed by atoms with Crippen LogP contribution in [0, 0.1) is 11.2 Å². The predicted octanol–water partition coefficient (Wildman–Crippen LogP) is 6.01. The molecule has 6 rings (SSSR count). The first-order valence-electron chi connectivity index (χ1n) is 15.4. The number of amides is 1. The molecule has 0 radical (unpaired) electrons. The van der Waals surface area contributed by atoms with Crippen LogP contribution in [0.15, 0.2) is 42.6 Å². The molecule has 9 heteroatoms. The van der Waals surface area contributed by atoms with Gasteiger partial charge in [-0.05, 0) is 85.4 Å². The molecule has 1 amide bonds. The van der Waals surface area contributed by atoms with E-state index in [1.54, 1.807) is 19.3 Å². The number of hydrogen-bond donors (Lipinski definition) is 2. The number of nitrogens with one attached hydrogen (secondary N) is 1. The lowest BCUT2D eigenvalue weighted by Gasteiger charge is -2.29. The molecule has 1 aromatic heterocycles. The lowest BCUT2D eigenvalue weighted by molar-refractivity contribution is -0.125. The minimum absolute atomic E-state index is 0.0329. The van der Waals surface area contributed by atoms with E-state index < -0.39 is 5.97 Å². The van der Waals surface area contributed by atoms with Gasteiger partial charge in [-0.2, -0.15) is 5.10 Å². The Labute approximate surface area is 252 Å². The maximum absolute atomic E-state index is 15.3. The smallest absolute Gasteiger partial charge is 0.357 e. The van der Waals surface area contributed by atoms with Crippen LogP contribution in [0.4, 0.5) is 4.39 Å². The Bertz CT molecular complexity index is 1550. The number of benzene rings is 2. The highest BCUT2D eigenvalue weighted by molar-refractivity contribution is 5.94. The van der Waals surface area contributed by atoms with Gasteiger partial charge in [-0.15, -0.1) is 0 Å². The summed E-state index contributed by atoms with van der Waals surface area (Å²) in [6.07, 6.45) is 7.68. The predicted molar refractivity (Wildman–Crippen MR) is 163 cm³/mol. The topological polar surface area (TPSA) is 96.7 Å². The first-order chi connectivity index (χ1) is 20.5. The molecule has 2 heterocycles. The van der Waals surface area contributed by atoms with Crippen LogP contribution in [0.3, 0.4) is 0 Å². The summed E-state index contributed by atoms with van der Waals surface area (Å²) >= 11 is 0. The molecule has 3 aromatic rings. The van der Waals surface area contributed by atoms with Gasteiger partial charge in [0.2, 0.25) is 5.91 Å². The van der Waals surface area contributed by atoms with Crippen molar-refractivity contribution in [2.75, 3.05) is 13.6 Å². The Hall–Kier alpha value is -3.72. The standard InChI is InChI=1S/C34H41FN4O4/c1-34(2)17-28(38(3)19-34)32(40)36-22-12-13-23(16-22)43-29-14-11-21(26-18-39(4)37-31(26)33(41)42)15-25(29)24-9-6-10-27(35)30(24)20-7-5-8-20/h6,9-11,14-15,18,20,22-23,28H,5,7-8,12-13,16-17,19H2,1-4H3,(H,36,40)(H,41,42)/t22-,23-,28+/m1/s1. The Morgan fingerprint density at radius 1 is 1.07 bits per heavy atom. The van der Waals surface area contributed by atoms with E-state index >= 15 is 4.39 Å². The van der Waals surface area contributed by atoms with Crippen molar-refractivity contribution in [1.29, 1.82) is 0 Å². The molecule has 1 aliphatic heterocycles. The number of hydrogen-bond acceptors (Lipinski definition) is 5. The number of carboxylic acids is 1. The fourth-order valence-electron chi connectivity index (χ4n) is 7.23. The van der Waals surface area contributed by atoms with E-state index in [9.17, 15) is 14.7 Å². The molecule has 228 valence electrons. The van der Waals surface area contributed by atoms with Crippen molar-refractivity contribution < 1.29 is 23.8 Å². The quantitative estimate of drug-likeness (QED) is 0.335. The highest BCUT2D eigenvalue weighted by atomic mass is 19.1. The summed E-state index contributed by atoms with van der Waals surface area (Å²) in [5.74, 6) is -0.477. The molecule has 1 saturated heterocycles. The molecule has 2 aliphatic carbocycles. The summed E-state index contributed by atoms with van der Waals surface area (Å²) in [4.78, 5) is 27.2. The Morgan fingerprint density at radius 2 is 1.86 bits per heavy atom. The van der Waals surface area contributed by atoms with Crippen LogP contribution < -0.4 is 10.1 Å². The number of likely N-dealkylation sites (N-methyl/N-ethyl adjacent to an activating group) is 1. The summed E-state index contributed by atoms with van der Waals surface area (Å²) in [7, 11) is 3.70. The fourth-order valence-corrected chi connectivity index (χ4v) is 7.23. The molecule has 2 N–H and O–H groups in total. The molecule has 0 spiro atoms. The van der Waals surface area contributed by atoms with Gasteiger partial charge in [0, 0.05) is 43.4 Å². The molecular formula is C34H41FN4O4. The average Bonchev–Trinajstić information content (AvgIpc) is 3.60. The van der Waals surface area contributed by atoms with Crippen LogP contribution in [0.1, 0.15) is 80.8 Å². The van der Waals surface area contributed by atoms with Crippen LogP contribution >= 0.6 is 0 Å². The number of carboxylic acid groups (broad SMARTS) is 1. The van der Waals surface area contributed by atoms with Gasteiger partial charge in [-0.1, -0.05) is 38.5 Å². The number of carbonyl (C=O) groups excluding carboxylic acids is 1. The highest BCUT2D eigenvalue weighted by Gasteiger charge is 2.40. The molecule has 3 atom stereocenters. The first kappa shape index (κ1) is 29.4. The SMILES string of the molecule is CN1CC(C)(C)C[C@H]1C(=O)N[C@@H]1CC[C@@H](Oc2ccc(-c3cn(C)nc3C(=O)O)cc2-c2cccc(F)c2C2CCC2)C1. The van der Waals surface area contributed by atoms with Crippen LogP contribution in [0.2, 0.25) is 0 Å². The Morgan fingerprint density at radius 3 is 2.53 bits per heavy atom. The largest absolute Gasteiger partial charge is 0.490 e. The van der Waals surface area contributed by atoms with Gasteiger partial charge in [-0.3, -0.25) is 14.4 Å². The van der Waals surface area contributed by atoms with E-state index in [2.05, 4.69) is 29.2 Å². The minimum Gasteiger partial charge on any atom is -0.490 e. The summed E-state index contributed by atoms with van der Waals surface area (Å²) in [5.41, 5.74) is 3.46. The molecular weight excluding hydrogens is 547 g/mol. The van der Waals surface area contributed by atoms with Crippen molar-refractivity contribution in [3.05, 3.63) is 59.7 Å². The van der Waals surface area contributed by atoms with Crippen LogP contribution in [0.5, 0.6) is 5.75 Å². The molecule has 0 bridgehead atoms. The summed E-state index contributed by atoms with van der Waals surface area (Å²) in [6.45, 7) is 5.30. The molecule has 3 fully saturated rings. The number of rotatable bonds is 8. The Kier molecular flexibility index (Phi) is 7.79. The molecule has 8 nitrogen and oxygen atoms in total. The van der Waals surface area contributed by atoms with Gasteiger partial charge in [-0.25, -0.2) is 9.18 Å². The second-order valence-corrected chi connectivity index (χ2v) is 13.5. The zero-order valence-electron chi connectivity index (χ0n) is 25.4. The number of carbonyl (C=O) groups is 2. The van der Waals surface area contributed by atoms with Crippen molar-refractivity contribution in [3.63, 3.8) is 0 Å². The summed E-state index contributed by atoms with van der Waals surface area (Å²) in [5, 5.41) is 17.2. The molecule has 2 saturated carbocycles. The molecule has 43 heavy (non-hydrogen) atoms. The van der Waals surface area contributed by atoms with Gasteiger partial charge < -0.3 is 15.2 Å².